The first-order chi connectivity index (χ1) is 10.2. The number of carbonyl (C=O) groups excluding carboxylic acids is 1. The van der Waals surface area contributed by atoms with E-state index in [1.165, 1.54) is 4.88 Å². The fourth-order valence-electron chi connectivity index (χ4n) is 2.23. The number of nitrogens with zero attached hydrogens (tertiary/aromatic N) is 3. The molecule has 0 fully saturated rings. The first-order valence-electron chi connectivity index (χ1n) is 6.80. The van der Waals surface area contributed by atoms with Gasteiger partial charge in [-0.3, -0.25) is 9.48 Å². The minimum absolute atomic E-state index is 0.0222. The van der Waals surface area contributed by atoms with Crippen molar-refractivity contribution in [2.75, 3.05) is 6.54 Å². The number of rotatable bonds is 5. The van der Waals surface area contributed by atoms with E-state index in [-0.39, 0.29) is 12.5 Å². The monoisotopic (exact) mass is 300 g/mol. The Labute approximate surface area is 126 Å². The van der Waals surface area contributed by atoms with Crippen LogP contribution in [0.25, 0.3) is 10.9 Å². The summed E-state index contributed by atoms with van der Waals surface area (Å²) in [5, 5.41) is 8.23. The Balaban J connectivity index is 1.56. The molecule has 0 unspecified atom stereocenters. The van der Waals surface area contributed by atoms with Crippen molar-refractivity contribution in [3.05, 3.63) is 46.5 Å². The summed E-state index contributed by atoms with van der Waals surface area (Å²) in [4.78, 5) is 17.4. The van der Waals surface area contributed by atoms with Gasteiger partial charge in [0.1, 0.15) is 6.54 Å². The molecule has 1 N–H and O–H groups in total. The van der Waals surface area contributed by atoms with Gasteiger partial charge in [0, 0.05) is 23.2 Å². The molecule has 5 nitrogen and oxygen atoms in total. The molecule has 3 aromatic rings. The smallest absolute Gasteiger partial charge is 0.241 e. The molecule has 0 aliphatic rings. The van der Waals surface area contributed by atoms with Gasteiger partial charge in [0.25, 0.3) is 0 Å². The summed E-state index contributed by atoms with van der Waals surface area (Å²) in [6.45, 7) is 2.86. The van der Waals surface area contributed by atoms with Gasteiger partial charge in [0.2, 0.25) is 5.91 Å². The van der Waals surface area contributed by atoms with Crippen LogP contribution in [0.3, 0.4) is 0 Å². The predicted molar refractivity (Wildman–Crippen MR) is 83.3 cm³/mol. The van der Waals surface area contributed by atoms with Crippen molar-refractivity contribution in [3.8, 4) is 0 Å². The third-order valence-electron chi connectivity index (χ3n) is 3.36. The SMILES string of the molecule is Cc1ncsc1CCNC(=O)Cn1ncc2ccccc21. The molecule has 6 heteroatoms. The van der Waals surface area contributed by atoms with E-state index < -0.39 is 0 Å². The van der Waals surface area contributed by atoms with Crippen LogP contribution in [0.2, 0.25) is 0 Å². The first-order valence-corrected chi connectivity index (χ1v) is 7.68. The fourth-order valence-corrected chi connectivity index (χ4v) is 3.01. The highest BCUT2D eigenvalue weighted by atomic mass is 32.1. The Morgan fingerprint density at radius 2 is 2.24 bits per heavy atom. The molecular formula is C15H16N4OS. The van der Waals surface area contributed by atoms with Crippen molar-refractivity contribution in [2.24, 2.45) is 0 Å². The highest BCUT2D eigenvalue weighted by molar-refractivity contribution is 7.09. The van der Waals surface area contributed by atoms with Crippen molar-refractivity contribution in [1.82, 2.24) is 20.1 Å². The topological polar surface area (TPSA) is 59.8 Å². The Morgan fingerprint density at radius 1 is 1.38 bits per heavy atom. The van der Waals surface area contributed by atoms with Crippen LogP contribution in [-0.4, -0.2) is 27.2 Å². The molecule has 0 aliphatic heterocycles. The van der Waals surface area contributed by atoms with Crippen LogP contribution in [0, 0.1) is 6.92 Å². The van der Waals surface area contributed by atoms with Crippen molar-refractivity contribution in [1.29, 1.82) is 0 Å². The number of nitrogens with one attached hydrogen (secondary N) is 1. The zero-order valence-corrected chi connectivity index (χ0v) is 12.6. The van der Waals surface area contributed by atoms with Crippen LogP contribution >= 0.6 is 11.3 Å². The zero-order valence-electron chi connectivity index (χ0n) is 11.7. The number of amides is 1. The standard InChI is InChI=1S/C15H16N4OS/c1-11-14(21-10-17-11)6-7-16-15(20)9-19-13-5-3-2-4-12(13)8-18-19/h2-5,8,10H,6-7,9H2,1H3,(H,16,20). The summed E-state index contributed by atoms with van der Waals surface area (Å²) < 4.78 is 1.72. The van der Waals surface area contributed by atoms with Crippen LogP contribution in [0.5, 0.6) is 0 Å². The maximum absolute atomic E-state index is 12.0. The molecule has 2 aromatic heterocycles. The summed E-state index contributed by atoms with van der Waals surface area (Å²) in [5.41, 5.74) is 3.86. The number of aromatic nitrogens is 3. The van der Waals surface area contributed by atoms with E-state index in [9.17, 15) is 4.79 Å². The summed E-state index contributed by atoms with van der Waals surface area (Å²) in [6.07, 6.45) is 2.60. The molecular weight excluding hydrogens is 284 g/mol. The van der Waals surface area contributed by atoms with E-state index >= 15 is 0 Å². The lowest BCUT2D eigenvalue weighted by Crippen LogP contribution is -2.29. The molecule has 1 amide bonds. The third-order valence-corrected chi connectivity index (χ3v) is 4.36. The molecule has 0 bridgehead atoms. The maximum Gasteiger partial charge on any atom is 0.241 e. The molecule has 0 aliphatic carbocycles. The summed E-state index contributed by atoms with van der Waals surface area (Å²) in [7, 11) is 0. The second-order valence-electron chi connectivity index (χ2n) is 4.82. The Bertz CT molecular complexity index is 762. The summed E-state index contributed by atoms with van der Waals surface area (Å²) >= 11 is 1.63. The maximum atomic E-state index is 12.0. The first kappa shape index (κ1) is 13.8. The van der Waals surface area contributed by atoms with E-state index in [1.54, 1.807) is 22.2 Å². The minimum atomic E-state index is -0.0222. The van der Waals surface area contributed by atoms with Crippen LogP contribution < -0.4 is 5.32 Å². The average Bonchev–Trinajstić information content (AvgIpc) is 3.07. The van der Waals surface area contributed by atoms with Crippen molar-refractivity contribution < 1.29 is 4.79 Å². The van der Waals surface area contributed by atoms with Gasteiger partial charge < -0.3 is 5.32 Å². The predicted octanol–water partition coefficient (Wildman–Crippen LogP) is 2.16. The van der Waals surface area contributed by atoms with Gasteiger partial charge in [0.15, 0.2) is 0 Å². The fraction of sp³-hybridized carbons (Fsp3) is 0.267. The van der Waals surface area contributed by atoms with Gasteiger partial charge in [0.05, 0.1) is 22.9 Å². The number of aryl methyl sites for hydroxylation is 1. The minimum Gasteiger partial charge on any atom is -0.354 e. The Morgan fingerprint density at radius 3 is 3.05 bits per heavy atom. The van der Waals surface area contributed by atoms with Gasteiger partial charge in [-0.2, -0.15) is 5.10 Å². The van der Waals surface area contributed by atoms with Crippen molar-refractivity contribution in [3.63, 3.8) is 0 Å². The third kappa shape index (κ3) is 3.11. The van der Waals surface area contributed by atoms with Gasteiger partial charge in [-0.15, -0.1) is 11.3 Å². The van der Waals surface area contributed by atoms with Gasteiger partial charge >= 0.3 is 0 Å². The molecule has 2 heterocycles. The number of benzene rings is 1. The van der Waals surface area contributed by atoms with Crippen LogP contribution in [0.4, 0.5) is 0 Å². The molecule has 0 radical (unpaired) electrons. The van der Waals surface area contributed by atoms with Crippen molar-refractivity contribution in [2.45, 2.75) is 19.9 Å². The Hall–Kier alpha value is -2.21. The number of hydrogen-bond donors (Lipinski definition) is 1. The Kier molecular flexibility index (Phi) is 3.96. The van der Waals surface area contributed by atoms with E-state index in [0.717, 1.165) is 23.0 Å². The highest BCUT2D eigenvalue weighted by Gasteiger charge is 2.07. The van der Waals surface area contributed by atoms with E-state index in [4.69, 9.17) is 0 Å². The van der Waals surface area contributed by atoms with Crippen LogP contribution in [0.1, 0.15) is 10.6 Å². The number of thiazole rings is 1. The molecule has 0 saturated carbocycles. The molecule has 3 rings (SSSR count). The number of carbonyl (C=O) groups is 1. The molecule has 0 spiro atoms. The van der Waals surface area contributed by atoms with Crippen LogP contribution in [-0.2, 0) is 17.8 Å². The van der Waals surface area contributed by atoms with Crippen LogP contribution in [0.15, 0.2) is 36.0 Å². The molecule has 21 heavy (non-hydrogen) atoms. The van der Waals surface area contributed by atoms with E-state index in [2.05, 4.69) is 15.4 Å². The van der Waals surface area contributed by atoms with Gasteiger partial charge in [-0.25, -0.2) is 4.98 Å². The quantitative estimate of drug-likeness (QED) is 0.785. The second kappa shape index (κ2) is 6.05. The molecule has 0 atom stereocenters. The van der Waals surface area contributed by atoms with E-state index in [0.29, 0.717) is 6.54 Å². The summed E-state index contributed by atoms with van der Waals surface area (Å²) in [6, 6.07) is 7.87. The van der Waals surface area contributed by atoms with Gasteiger partial charge in [-0.05, 0) is 13.0 Å². The van der Waals surface area contributed by atoms with Gasteiger partial charge in [-0.1, -0.05) is 18.2 Å². The normalized spacial score (nSPS) is 10.9. The zero-order chi connectivity index (χ0) is 14.7. The second-order valence-corrected chi connectivity index (χ2v) is 5.76. The lowest BCUT2D eigenvalue weighted by atomic mass is 10.2. The number of fused-ring (bicyclic) bond motifs is 1. The van der Waals surface area contributed by atoms with E-state index in [1.807, 2.05) is 36.7 Å². The largest absolute Gasteiger partial charge is 0.354 e. The number of hydrogen-bond acceptors (Lipinski definition) is 4. The molecule has 1 aromatic carbocycles. The molecule has 0 saturated heterocycles. The summed E-state index contributed by atoms with van der Waals surface area (Å²) in [5.74, 6) is -0.0222. The lowest BCUT2D eigenvalue weighted by molar-refractivity contribution is -0.121. The highest BCUT2D eigenvalue weighted by Crippen LogP contribution is 2.13. The average molecular weight is 300 g/mol. The molecule has 108 valence electrons. The number of para-hydroxylation sites is 1. The lowest BCUT2D eigenvalue weighted by Gasteiger charge is -2.06. The van der Waals surface area contributed by atoms with Crippen molar-refractivity contribution >= 4 is 28.1 Å².